The maximum atomic E-state index is 5.85. The first kappa shape index (κ1) is 21.6. The van der Waals surface area contributed by atoms with Gasteiger partial charge in [0, 0.05) is 37.4 Å². The fourth-order valence-electron chi connectivity index (χ4n) is 3.80. The molecule has 7 nitrogen and oxygen atoms in total. The molecule has 0 spiro atoms. The van der Waals surface area contributed by atoms with E-state index >= 15 is 0 Å². The van der Waals surface area contributed by atoms with E-state index in [-0.39, 0.29) is 6.17 Å². The first-order valence-corrected chi connectivity index (χ1v) is 11.3. The van der Waals surface area contributed by atoms with Gasteiger partial charge in [-0.25, -0.2) is 4.98 Å². The van der Waals surface area contributed by atoms with Crippen LogP contribution in [0.3, 0.4) is 0 Å². The van der Waals surface area contributed by atoms with E-state index in [2.05, 4.69) is 64.4 Å². The zero-order valence-electron chi connectivity index (χ0n) is 18.6. The summed E-state index contributed by atoms with van der Waals surface area (Å²) in [5.41, 5.74) is 10.2. The molecule has 31 heavy (non-hydrogen) atoms. The summed E-state index contributed by atoms with van der Waals surface area (Å²) in [6, 6.07) is 14.6. The minimum atomic E-state index is 0.0701. The molecule has 0 radical (unpaired) electrons. The molecule has 0 saturated carbocycles. The maximum absolute atomic E-state index is 5.85. The highest BCUT2D eigenvalue weighted by Crippen LogP contribution is 2.26. The molecule has 4 N–H and O–H groups in total. The molecule has 4 rings (SSSR count). The third-order valence-electron chi connectivity index (χ3n) is 5.90. The van der Waals surface area contributed by atoms with Gasteiger partial charge in [0.05, 0.1) is 23.8 Å². The van der Waals surface area contributed by atoms with E-state index in [1.54, 1.807) is 0 Å². The Morgan fingerprint density at radius 1 is 1.13 bits per heavy atom. The number of H-pyrrole nitrogens is 1. The fourth-order valence-corrected chi connectivity index (χ4v) is 3.80. The van der Waals surface area contributed by atoms with Gasteiger partial charge in [-0.3, -0.25) is 0 Å². The number of aromatic amines is 1. The number of hydrogen-bond donors (Lipinski definition) is 3. The first-order valence-electron chi connectivity index (χ1n) is 11.3. The molecule has 166 valence electrons. The predicted octanol–water partition coefficient (Wildman–Crippen LogP) is 3.04. The number of imidazole rings is 1. The van der Waals surface area contributed by atoms with Gasteiger partial charge in [-0.15, -0.1) is 0 Å². The average molecular weight is 423 g/mol. The summed E-state index contributed by atoms with van der Waals surface area (Å²) in [4.78, 5) is 13.1. The van der Waals surface area contributed by atoms with Crippen molar-refractivity contribution in [3.05, 3.63) is 42.5 Å². The van der Waals surface area contributed by atoms with Gasteiger partial charge in [0.15, 0.2) is 0 Å². The molecular formula is C24H34N6O. The third-order valence-corrected chi connectivity index (χ3v) is 5.90. The number of rotatable bonds is 9. The maximum Gasteiger partial charge on any atom is 0.138 e. The fraction of sp³-hybridized carbons (Fsp3) is 0.458. The number of aromatic nitrogens is 2. The van der Waals surface area contributed by atoms with E-state index in [1.165, 1.54) is 5.69 Å². The molecule has 1 unspecified atom stereocenters. The van der Waals surface area contributed by atoms with Crippen molar-refractivity contribution in [2.45, 2.75) is 25.9 Å². The van der Waals surface area contributed by atoms with Crippen LogP contribution < -0.4 is 20.7 Å². The number of nitrogens with one attached hydrogen (secondary N) is 2. The lowest BCUT2D eigenvalue weighted by atomic mass is 10.2. The quantitative estimate of drug-likeness (QED) is 0.363. The van der Waals surface area contributed by atoms with Gasteiger partial charge in [0.25, 0.3) is 0 Å². The van der Waals surface area contributed by atoms with Crippen LogP contribution in [-0.4, -0.2) is 67.4 Å². The Balaban J connectivity index is 1.36. The highest BCUT2D eigenvalue weighted by Gasteiger charge is 2.15. The van der Waals surface area contributed by atoms with Crippen LogP contribution in [0, 0.1) is 0 Å². The standard InChI is InChI=1S/C24H34N6O/c1-3-23(25)26-11-4-16-31-20-8-5-18(6-9-20)24-27-21-10-7-19(17-22(21)28-24)30-14-12-29(2)13-15-30/h5-10,17,23,26H,3-4,11-16,25H2,1-2H3,(H,27,28). The van der Waals surface area contributed by atoms with Crippen LogP contribution in [0.4, 0.5) is 5.69 Å². The second-order valence-corrected chi connectivity index (χ2v) is 8.27. The minimum absolute atomic E-state index is 0.0701. The monoisotopic (exact) mass is 422 g/mol. The van der Waals surface area contributed by atoms with E-state index in [4.69, 9.17) is 15.5 Å². The van der Waals surface area contributed by atoms with Crippen molar-refractivity contribution in [1.29, 1.82) is 0 Å². The van der Waals surface area contributed by atoms with E-state index < -0.39 is 0 Å². The number of nitrogens with zero attached hydrogens (tertiary/aromatic N) is 3. The van der Waals surface area contributed by atoms with Crippen LogP contribution in [0.25, 0.3) is 22.4 Å². The lowest BCUT2D eigenvalue weighted by Gasteiger charge is -2.34. The Hall–Kier alpha value is -2.61. The lowest BCUT2D eigenvalue weighted by molar-refractivity contribution is 0.304. The number of piperazine rings is 1. The van der Waals surface area contributed by atoms with Gasteiger partial charge in [-0.05, 0) is 68.9 Å². The molecule has 1 aromatic heterocycles. The summed E-state index contributed by atoms with van der Waals surface area (Å²) in [7, 11) is 2.18. The average Bonchev–Trinajstić information content (AvgIpc) is 3.23. The largest absolute Gasteiger partial charge is 0.494 e. The summed E-state index contributed by atoms with van der Waals surface area (Å²) in [5, 5.41) is 3.27. The second-order valence-electron chi connectivity index (χ2n) is 8.27. The molecule has 2 heterocycles. The molecule has 2 aromatic carbocycles. The van der Waals surface area contributed by atoms with Crippen molar-refractivity contribution in [2.75, 3.05) is 51.3 Å². The number of hydrogen-bond acceptors (Lipinski definition) is 6. The normalized spacial score (nSPS) is 16.0. The van der Waals surface area contributed by atoms with Crippen LogP contribution >= 0.6 is 0 Å². The zero-order chi connectivity index (χ0) is 21.6. The number of anilines is 1. The highest BCUT2D eigenvalue weighted by atomic mass is 16.5. The molecule has 1 fully saturated rings. The van der Waals surface area contributed by atoms with Crippen LogP contribution in [0.1, 0.15) is 19.8 Å². The van der Waals surface area contributed by atoms with Crippen molar-refractivity contribution >= 4 is 16.7 Å². The van der Waals surface area contributed by atoms with E-state index in [1.807, 2.05) is 12.1 Å². The summed E-state index contributed by atoms with van der Waals surface area (Å²) in [6.45, 7) is 7.93. The van der Waals surface area contributed by atoms with Gasteiger partial charge in [0.1, 0.15) is 11.6 Å². The summed E-state index contributed by atoms with van der Waals surface area (Å²) in [6.07, 6.45) is 1.93. The van der Waals surface area contributed by atoms with Crippen molar-refractivity contribution in [3.63, 3.8) is 0 Å². The molecule has 1 aliphatic rings. The van der Waals surface area contributed by atoms with Gasteiger partial charge in [-0.1, -0.05) is 6.92 Å². The van der Waals surface area contributed by atoms with E-state index in [0.29, 0.717) is 6.61 Å². The molecule has 0 bridgehead atoms. The van der Waals surface area contributed by atoms with Crippen molar-refractivity contribution < 1.29 is 4.74 Å². The molecule has 1 saturated heterocycles. The van der Waals surface area contributed by atoms with Crippen molar-refractivity contribution in [3.8, 4) is 17.1 Å². The molecule has 0 amide bonds. The van der Waals surface area contributed by atoms with Crippen LogP contribution in [-0.2, 0) is 0 Å². The lowest BCUT2D eigenvalue weighted by Crippen LogP contribution is -2.44. The van der Waals surface area contributed by atoms with E-state index in [0.717, 1.165) is 73.7 Å². The number of fused-ring (bicyclic) bond motifs is 1. The SMILES string of the molecule is CCC(N)NCCCOc1ccc(-c2nc3ccc(N4CCN(C)CC4)cc3[nH]2)cc1. The molecule has 3 aromatic rings. The number of nitrogens with two attached hydrogens (primary N) is 1. The summed E-state index contributed by atoms with van der Waals surface area (Å²) < 4.78 is 5.84. The van der Waals surface area contributed by atoms with Gasteiger partial charge < -0.3 is 30.6 Å². The summed E-state index contributed by atoms with van der Waals surface area (Å²) >= 11 is 0. The Kier molecular flexibility index (Phi) is 7.06. The summed E-state index contributed by atoms with van der Waals surface area (Å²) in [5.74, 6) is 1.76. The van der Waals surface area contributed by atoms with Crippen LogP contribution in [0.5, 0.6) is 5.75 Å². The third kappa shape index (κ3) is 5.55. The molecule has 1 aliphatic heterocycles. The van der Waals surface area contributed by atoms with Crippen molar-refractivity contribution in [1.82, 2.24) is 20.2 Å². The molecular weight excluding hydrogens is 388 g/mol. The number of ether oxygens (including phenoxy) is 1. The Labute approximate surface area is 184 Å². The smallest absolute Gasteiger partial charge is 0.138 e. The topological polar surface area (TPSA) is 82.4 Å². The molecule has 0 aliphatic carbocycles. The Morgan fingerprint density at radius 3 is 2.65 bits per heavy atom. The first-order chi connectivity index (χ1) is 15.1. The van der Waals surface area contributed by atoms with Crippen LogP contribution in [0.15, 0.2) is 42.5 Å². The number of benzene rings is 2. The van der Waals surface area contributed by atoms with Gasteiger partial charge in [-0.2, -0.15) is 0 Å². The zero-order valence-corrected chi connectivity index (χ0v) is 18.6. The van der Waals surface area contributed by atoms with Crippen molar-refractivity contribution in [2.24, 2.45) is 5.73 Å². The minimum Gasteiger partial charge on any atom is -0.494 e. The molecule has 7 heteroatoms. The van der Waals surface area contributed by atoms with Gasteiger partial charge in [0.2, 0.25) is 0 Å². The second kappa shape index (κ2) is 10.1. The van der Waals surface area contributed by atoms with Gasteiger partial charge >= 0.3 is 0 Å². The molecule has 1 atom stereocenters. The predicted molar refractivity (Wildman–Crippen MR) is 128 cm³/mol. The van der Waals surface area contributed by atoms with E-state index in [9.17, 15) is 0 Å². The Bertz CT molecular complexity index is 962. The number of likely N-dealkylation sites (N-methyl/N-ethyl adjacent to an activating group) is 1. The van der Waals surface area contributed by atoms with Crippen LogP contribution in [0.2, 0.25) is 0 Å². The highest BCUT2D eigenvalue weighted by molar-refractivity contribution is 5.83. The Morgan fingerprint density at radius 2 is 1.90 bits per heavy atom.